The number of aromatic nitrogens is 1. The molecule has 0 unspecified atom stereocenters. The van der Waals surface area contributed by atoms with Crippen molar-refractivity contribution < 1.29 is 8.42 Å². The van der Waals surface area contributed by atoms with Crippen molar-refractivity contribution in [3.05, 3.63) is 70.3 Å². The second kappa shape index (κ2) is 5.98. The zero-order chi connectivity index (χ0) is 16.6. The number of sulfone groups is 1. The van der Waals surface area contributed by atoms with Crippen molar-refractivity contribution in [3.63, 3.8) is 0 Å². The van der Waals surface area contributed by atoms with Crippen LogP contribution in [0.5, 0.6) is 0 Å². The van der Waals surface area contributed by atoms with Crippen molar-refractivity contribution in [1.29, 1.82) is 0 Å². The van der Waals surface area contributed by atoms with E-state index in [9.17, 15) is 8.42 Å². The van der Waals surface area contributed by atoms with Gasteiger partial charge in [0.1, 0.15) is 5.03 Å². The fraction of sp³-hybridized carbons (Fsp3) is 0.111. The van der Waals surface area contributed by atoms with Gasteiger partial charge in [-0.2, -0.15) is 0 Å². The van der Waals surface area contributed by atoms with Crippen LogP contribution in [0.15, 0.2) is 69.1 Å². The van der Waals surface area contributed by atoms with Crippen molar-refractivity contribution in [2.75, 3.05) is 0 Å². The minimum absolute atomic E-state index is 0.237. The Balaban J connectivity index is 2.18. The molecule has 0 fully saturated rings. The lowest BCUT2D eigenvalue weighted by atomic mass is 10.1. The molecular weight excluding hydrogens is 374 g/mol. The minimum atomic E-state index is -3.59. The standard InChI is InChI=1S/C18H16BrNO2S/c1-12-3-9-16(10-4-12)23(21,22)18-17(13(2)11-20-18)14-5-7-15(19)8-6-14/h3-11,20H,1-2H3. The number of hydrogen-bond acceptors (Lipinski definition) is 2. The van der Waals surface area contributed by atoms with Gasteiger partial charge in [0.2, 0.25) is 9.84 Å². The van der Waals surface area contributed by atoms with Crippen molar-refractivity contribution in [3.8, 4) is 11.1 Å². The summed E-state index contributed by atoms with van der Waals surface area (Å²) in [6.07, 6.45) is 1.73. The Hall–Kier alpha value is -1.85. The highest BCUT2D eigenvalue weighted by molar-refractivity contribution is 9.10. The van der Waals surface area contributed by atoms with Gasteiger partial charge in [0.25, 0.3) is 0 Å². The van der Waals surface area contributed by atoms with Gasteiger partial charge in [0, 0.05) is 16.2 Å². The van der Waals surface area contributed by atoms with Crippen molar-refractivity contribution in [1.82, 2.24) is 4.98 Å². The Labute approximate surface area is 144 Å². The average Bonchev–Trinajstić information content (AvgIpc) is 2.91. The highest BCUT2D eigenvalue weighted by Crippen LogP contribution is 2.34. The molecule has 1 N–H and O–H groups in total. The zero-order valence-electron chi connectivity index (χ0n) is 12.8. The van der Waals surface area contributed by atoms with Gasteiger partial charge >= 0.3 is 0 Å². The monoisotopic (exact) mass is 389 g/mol. The molecule has 1 heterocycles. The second-order valence-corrected chi connectivity index (χ2v) is 8.30. The molecule has 3 aromatic rings. The zero-order valence-corrected chi connectivity index (χ0v) is 15.2. The van der Waals surface area contributed by atoms with Crippen LogP contribution in [0.4, 0.5) is 0 Å². The third-order valence-electron chi connectivity index (χ3n) is 3.77. The first kappa shape index (κ1) is 16.0. The van der Waals surface area contributed by atoms with Crippen LogP contribution in [-0.2, 0) is 9.84 Å². The van der Waals surface area contributed by atoms with Crippen molar-refractivity contribution in [2.24, 2.45) is 0 Å². The fourth-order valence-corrected chi connectivity index (χ4v) is 4.28. The molecule has 0 radical (unpaired) electrons. The molecule has 2 aromatic carbocycles. The maximum atomic E-state index is 13.0. The van der Waals surface area contributed by atoms with E-state index in [2.05, 4.69) is 20.9 Å². The second-order valence-electron chi connectivity index (χ2n) is 5.50. The minimum Gasteiger partial charge on any atom is -0.351 e. The Bertz CT molecular complexity index is 940. The topological polar surface area (TPSA) is 49.9 Å². The average molecular weight is 390 g/mol. The summed E-state index contributed by atoms with van der Waals surface area (Å²) in [4.78, 5) is 3.24. The molecule has 0 aliphatic heterocycles. The number of hydrogen-bond donors (Lipinski definition) is 1. The summed E-state index contributed by atoms with van der Waals surface area (Å²) < 4.78 is 26.9. The molecule has 23 heavy (non-hydrogen) atoms. The van der Waals surface area contributed by atoms with Crippen LogP contribution < -0.4 is 0 Å². The molecule has 3 nitrogen and oxygen atoms in total. The third kappa shape index (κ3) is 2.99. The van der Waals surface area contributed by atoms with Crippen LogP contribution in [0.25, 0.3) is 11.1 Å². The number of aryl methyl sites for hydroxylation is 2. The number of aromatic amines is 1. The summed E-state index contributed by atoms with van der Waals surface area (Å²) in [6.45, 7) is 3.84. The van der Waals surface area contributed by atoms with Gasteiger partial charge in [-0.25, -0.2) is 8.42 Å². The van der Waals surface area contributed by atoms with Gasteiger partial charge in [0.05, 0.1) is 4.90 Å². The lowest BCUT2D eigenvalue weighted by molar-refractivity contribution is 0.593. The summed E-state index contributed by atoms with van der Waals surface area (Å²) in [5, 5.41) is 0.237. The molecule has 3 rings (SSSR count). The largest absolute Gasteiger partial charge is 0.351 e. The number of nitrogens with one attached hydrogen (secondary N) is 1. The summed E-state index contributed by atoms with van der Waals surface area (Å²) in [7, 11) is -3.59. The first-order chi connectivity index (χ1) is 10.9. The van der Waals surface area contributed by atoms with Crippen LogP contribution in [0.1, 0.15) is 11.1 Å². The van der Waals surface area contributed by atoms with E-state index in [1.807, 2.05) is 50.2 Å². The lowest BCUT2D eigenvalue weighted by Crippen LogP contribution is -2.04. The van der Waals surface area contributed by atoms with Crippen molar-refractivity contribution in [2.45, 2.75) is 23.8 Å². The Morgan fingerprint density at radius 2 is 1.52 bits per heavy atom. The molecule has 0 saturated carbocycles. The van der Waals surface area contributed by atoms with Gasteiger partial charge < -0.3 is 4.98 Å². The number of benzene rings is 2. The van der Waals surface area contributed by atoms with Gasteiger partial charge in [0.15, 0.2) is 0 Å². The molecule has 0 bridgehead atoms. The molecular formula is C18H16BrNO2S. The lowest BCUT2D eigenvalue weighted by Gasteiger charge is -2.08. The SMILES string of the molecule is Cc1ccc(S(=O)(=O)c2[nH]cc(C)c2-c2ccc(Br)cc2)cc1. The maximum Gasteiger partial charge on any atom is 0.222 e. The summed E-state index contributed by atoms with van der Waals surface area (Å²) in [6, 6.07) is 14.5. The summed E-state index contributed by atoms with van der Waals surface area (Å²) in [5.41, 5.74) is 3.52. The van der Waals surface area contributed by atoms with Crippen LogP contribution in [0.3, 0.4) is 0 Å². The van der Waals surface area contributed by atoms with E-state index in [4.69, 9.17) is 0 Å². The third-order valence-corrected chi connectivity index (χ3v) is 6.05. The van der Waals surface area contributed by atoms with E-state index in [1.54, 1.807) is 18.3 Å². The maximum absolute atomic E-state index is 13.0. The number of rotatable bonds is 3. The molecule has 0 aliphatic carbocycles. The molecule has 118 valence electrons. The van der Waals surface area contributed by atoms with Crippen LogP contribution >= 0.6 is 15.9 Å². The summed E-state index contributed by atoms with van der Waals surface area (Å²) in [5.74, 6) is 0. The molecule has 0 saturated heterocycles. The van der Waals surface area contributed by atoms with E-state index in [0.29, 0.717) is 4.90 Å². The van der Waals surface area contributed by atoms with Crippen LogP contribution in [-0.4, -0.2) is 13.4 Å². The van der Waals surface area contributed by atoms with Crippen LogP contribution in [0, 0.1) is 13.8 Å². The van der Waals surface area contributed by atoms with Crippen molar-refractivity contribution >= 4 is 25.8 Å². The molecule has 0 aliphatic rings. The normalized spacial score (nSPS) is 11.6. The summed E-state index contributed by atoms with van der Waals surface area (Å²) >= 11 is 3.40. The van der Waals surface area contributed by atoms with Gasteiger partial charge in [-0.3, -0.25) is 0 Å². The molecule has 1 aromatic heterocycles. The smallest absolute Gasteiger partial charge is 0.222 e. The van der Waals surface area contributed by atoms with Gasteiger partial charge in [-0.15, -0.1) is 0 Å². The predicted octanol–water partition coefficient (Wildman–Crippen LogP) is 4.89. The fourth-order valence-electron chi connectivity index (χ4n) is 2.52. The van der Waals surface area contributed by atoms with E-state index in [1.165, 1.54) is 0 Å². The first-order valence-corrected chi connectivity index (χ1v) is 9.43. The Morgan fingerprint density at radius 1 is 0.913 bits per heavy atom. The highest BCUT2D eigenvalue weighted by atomic mass is 79.9. The van der Waals surface area contributed by atoms with Gasteiger partial charge in [-0.1, -0.05) is 45.8 Å². The Morgan fingerprint density at radius 3 is 2.13 bits per heavy atom. The highest BCUT2D eigenvalue weighted by Gasteiger charge is 2.25. The van der Waals surface area contributed by atoms with Gasteiger partial charge in [-0.05, 0) is 49.2 Å². The number of H-pyrrole nitrogens is 1. The Kier molecular flexibility index (Phi) is 4.17. The predicted molar refractivity (Wildman–Crippen MR) is 95.3 cm³/mol. The molecule has 0 amide bonds. The quantitative estimate of drug-likeness (QED) is 0.692. The van der Waals surface area contributed by atoms with E-state index >= 15 is 0 Å². The van der Waals surface area contributed by atoms with E-state index in [-0.39, 0.29) is 5.03 Å². The molecule has 0 atom stereocenters. The first-order valence-electron chi connectivity index (χ1n) is 7.15. The molecule has 0 spiro atoms. The van der Waals surface area contributed by atoms with E-state index < -0.39 is 9.84 Å². The van der Waals surface area contributed by atoms with E-state index in [0.717, 1.165) is 26.7 Å². The van der Waals surface area contributed by atoms with Crippen LogP contribution in [0.2, 0.25) is 0 Å². The molecule has 5 heteroatoms. The number of halogens is 1.